The number of ether oxygens (including phenoxy) is 1. The number of amides is 1. The molecule has 6 heteroatoms. The van der Waals surface area contributed by atoms with E-state index >= 15 is 0 Å². The van der Waals surface area contributed by atoms with Crippen LogP contribution in [-0.2, 0) is 11.2 Å². The first-order valence-corrected chi connectivity index (χ1v) is 9.96. The van der Waals surface area contributed by atoms with E-state index in [1.165, 1.54) is 0 Å². The van der Waals surface area contributed by atoms with Crippen LogP contribution >= 0.6 is 0 Å². The Labute approximate surface area is 167 Å². The van der Waals surface area contributed by atoms with Gasteiger partial charge >= 0.3 is 0 Å². The maximum absolute atomic E-state index is 12.4. The molecule has 1 aromatic carbocycles. The number of rotatable bonds is 6. The molecule has 152 valence electrons. The third kappa shape index (κ3) is 5.58. The number of aromatic nitrogens is 1. The lowest BCUT2D eigenvalue weighted by Crippen LogP contribution is -2.44. The molecular weight excluding hydrogens is 354 g/mol. The summed E-state index contributed by atoms with van der Waals surface area (Å²) < 4.78 is 10.8. The van der Waals surface area contributed by atoms with Crippen LogP contribution in [0.4, 0.5) is 0 Å². The van der Waals surface area contributed by atoms with E-state index in [0.29, 0.717) is 18.3 Å². The fraction of sp³-hybridized carbons (Fsp3) is 0.545. The molecule has 2 aromatic rings. The van der Waals surface area contributed by atoms with Crippen molar-refractivity contribution in [2.75, 3.05) is 20.2 Å². The first kappa shape index (κ1) is 20.4. The number of nitrogens with zero attached hydrogens (tertiary/aromatic N) is 1. The lowest BCUT2D eigenvalue weighted by Gasteiger charge is -2.32. The molecule has 2 atom stereocenters. The zero-order chi connectivity index (χ0) is 20.1. The van der Waals surface area contributed by atoms with Gasteiger partial charge in [-0.3, -0.25) is 4.79 Å². The maximum Gasteiger partial charge on any atom is 0.220 e. The lowest BCUT2D eigenvalue weighted by atomic mass is 9.81. The third-order valence-electron chi connectivity index (χ3n) is 5.13. The minimum Gasteiger partial charge on any atom is -0.497 e. The van der Waals surface area contributed by atoms with Gasteiger partial charge < -0.3 is 19.9 Å². The lowest BCUT2D eigenvalue weighted by molar-refractivity contribution is -0.124. The van der Waals surface area contributed by atoms with Gasteiger partial charge in [0.25, 0.3) is 0 Å². The molecule has 0 aliphatic carbocycles. The minimum atomic E-state index is -0.196. The largest absolute Gasteiger partial charge is 0.497 e. The van der Waals surface area contributed by atoms with Crippen LogP contribution in [0.25, 0.3) is 11.3 Å². The predicted octanol–water partition coefficient (Wildman–Crippen LogP) is 3.42. The topological polar surface area (TPSA) is 76.4 Å². The molecule has 0 saturated carbocycles. The van der Waals surface area contributed by atoms with Crippen molar-refractivity contribution in [2.45, 2.75) is 45.6 Å². The molecule has 0 radical (unpaired) electrons. The van der Waals surface area contributed by atoms with Gasteiger partial charge in [-0.15, -0.1) is 0 Å². The monoisotopic (exact) mass is 385 g/mol. The van der Waals surface area contributed by atoms with Crippen molar-refractivity contribution in [1.29, 1.82) is 0 Å². The van der Waals surface area contributed by atoms with Crippen LogP contribution in [0.2, 0.25) is 0 Å². The molecule has 1 aromatic heterocycles. The fourth-order valence-electron chi connectivity index (χ4n) is 3.76. The molecular formula is C22H31N3O3. The van der Waals surface area contributed by atoms with Gasteiger partial charge in [-0.1, -0.05) is 5.16 Å². The number of carbonyl (C=O) groups is 1. The number of hydrogen-bond donors (Lipinski definition) is 2. The second kappa shape index (κ2) is 8.78. The second-order valence-electron chi connectivity index (χ2n) is 8.63. The number of nitrogens with one attached hydrogen (secondary N) is 2. The summed E-state index contributed by atoms with van der Waals surface area (Å²) in [6.45, 7) is 7.90. The number of carbonyl (C=O) groups excluding carboxylic acids is 1. The van der Waals surface area contributed by atoms with E-state index in [1.807, 2.05) is 51.1 Å². The van der Waals surface area contributed by atoms with Gasteiger partial charge in [-0.2, -0.15) is 0 Å². The van der Waals surface area contributed by atoms with E-state index < -0.39 is 0 Å². The van der Waals surface area contributed by atoms with Crippen LogP contribution in [0.1, 0.15) is 39.3 Å². The van der Waals surface area contributed by atoms with Crippen LogP contribution in [0.5, 0.6) is 5.75 Å². The molecule has 0 unspecified atom stereocenters. The van der Waals surface area contributed by atoms with Crippen molar-refractivity contribution in [3.8, 4) is 17.1 Å². The van der Waals surface area contributed by atoms with Gasteiger partial charge in [-0.05, 0) is 82.8 Å². The molecule has 28 heavy (non-hydrogen) atoms. The summed E-state index contributed by atoms with van der Waals surface area (Å²) in [6.07, 6.45) is 2.37. The van der Waals surface area contributed by atoms with Crippen molar-refractivity contribution in [1.82, 2.24) is 15.8 Å². The smallest absolute Gasteiger partial charge is 0.220 e. The fourth-order valence-corrected chi connectivity index (χ4v) is 3.76. The van der Waals surface area contributed by atoms with Gasteiger partial charge in [0.05, 0.1) is 12.8 Å². The molecule has 6 nitrogen and oxygen atoms in total. The standard InChI is InChI=1S/C22H31N3O3/c1-22(2,3)24-21(26)12-16-9-10-23-14-17(16)11-18-13-20(28-25-18)15-5-7-19(27-4)8-6-15/h5-8,13,16-17,23H,9-12,14H2,1-4H3,(H,24,26)/t16-,17+/m1/s1. The first-order valence-electron chi connectivity index (χ1n) is 9.96. The second-order valence-corrected chi connectivity index (χ2v) is 8.63. The van der Waals surface area contributed by atoms with Crippen molar-refractivity contribution < 1.29 is 14.1 Å². The summed E-state index contributed by atoms with van der Waals surface area (Å²) in [5.74, 6) is 2.41. The molecule has 1 saturated heterocycles. The summed E-state index contributed by atoms with van der Waals surface area (Å²) in [5.41, 5.74) is 1.71. The van der Waals surface area contributed by atoms with E-state index in [9.17, 15) is 4.79 Å². The van der Waals surface area contributed by atoms with Gasteiger partial charge in [0, 0.05) is 23.6 Å². The first-order chi connectivity index (χ1) is 13.3. The van der Waals surface area contributed by atoms with Crippen molar-refractivity contribution >= 4 is 5.91 Å². The Hall–Kier alpha value is -2.34. The van der Waals surface area contributed by atoms with Gasteiger partial charge in [0.2, 0.25) is 5.91 Å². The molecule has 2 N–H and O–H groups in total. The molecule has 0 spiro atoms. The zero-order valence-electron chi connectivity index (χ0n) is 17.2. The van der Waals surface area contributed by atoms with E-state index in [4.69, 9.17) is 9.26 Å². The Bertz CT molecular complexity index is 777. The molecule has 3 rings (SSSR count). The normalized spacial score (nSPS) is 20.0. The van der Waals surface area contributed by atoms with E-state index in [0.717, 1.165) is 48.7 Å². The van der Waals surface area contributed by atoms with Crippen LogP contribution in [0.15, 0.2) is 34.9 Å². The number of methoxy groups -OCH3 is 1. The van der Waals surface area contributed by atoms with E-state index in [1.54, 1.807) is 7.11 Å². The predicted molar refractivity (Wildman–Crippen MR) is 109 cm³/mol. The summed E-state index contributed by atoms with van der Waals surface area (Å²) in [7, 11) is 1.65. The highest BCUT2D eigenvalue weighted by Crippen LogP contribution is 2.28. The van der Waals surface area contributed by atoms with Crippen molar-refractivity contribution in [3.05, 3.63) is 36.0 Å². The molecule has 1 aliphatic rings. The summed E-state index contributed by atoms with van der Waals surface area (Å²) in [4.78, 5) is 12.4. The van der Waals surface area contributed by atoms with Crippen molar-refractivity contribution in [3.63, 3.8) is 0 Å². The quantitative estimate of drug-likeness (QED) is 0.797. The van der Waals surface area contributed by atoms with Crippen molar-refractivity contribution in [2.24, 2.45) is 11.8 Å². The molecule has 2 heterocycles. The van der Waals surface area contributed by atoms with Gasteiger partial charge in [0.15, 0.2) is 5.76 Å². The Balaban J connectivity index is 1.64. The van der Waals surface area contributed by atoms with Gasteiger partial charge in [-0.25, -0.2) is 0 Å². The van der Waals surface area contributed by atoms with Crippen LogP contribution in [-0.4, -0.2) is 36.8 Å². The van der Waals surface area contributed by atoms with E-state index in [-0.39, 0.29) is 11.4 Å². The number of benzene rings is 1. The highest BCUT2D eigenvalue weighted by molar-refractivity contribution is 5.77. The zero-order valence-corrected chi connectivity index (χ0v) is 17.2. The summed E-state index contributed by atoms with van der Waals surface area (Å²) in [6, 6.07) is 9.75. The average molecular weight is 386 g/mol. The Morgan fingerprint density at radius 2 is 2.04 bits per heavy atom. The van der Waals surface area contributed by atoms with Gasteiger partial charge in [0.1, 0.15) is 5.75 Å². The molecule has 1 amide bonds. The van der Waals surface area contributed by atoms with Crippen LogP contribution in [0, 0.1) is 11.8 Å². The highest BCUT2D eigenvalue weighted by Gasteiger charge is 2.29. The maximum atomic E-state index is 12.4. The Morgan fingerprint density at radius 1 is 1.29 bits per heavy atom. The number of piperidine rings is 1. The summed E-state index contributed by atoms with van der Waals surface area (Å²) >= 11 is 0. The molecule has 1 aliphatic heterocycles. The summed E-state index contributed by atoms with van der Waals surface area (Å²) in [5, 5.41) is 10.8. The molecule has 0 bridgehead atoms. The van der Waals surface area contributed by atoms with Crippen LogP contribution in [0.3, 0.4) is 0 Å². The third-order valence-corrected chi connectivity index (χ3v) is 5.13. The average Bonchev–Trinajstić information content (AvgIpc) is 3.10. The van der Waals surface area contributed by atoms with E-state index in [2.05, 4.69) is 15.8 Å². The SMILES string of the molecule is COc1ccc(-c2cc(C[C@H]3CNCC[C@@H]3CC(=O)NC(C)(C)C)no2)cc1. The molecule has 1 fully saturated rings. The minimum absolute atomic E-state index is 0.128. The number of hydrogen-bond acceptors (Lipinski definition) is 5. The van der Waals surface area contributed by atoms with Crippen LogP contribution < -0.4 is 15.4 Å². The Morgan fingerprint density at radius 3 is 2.71 bits per heavy atom. The highest BCUT2D eigenvalue weighted by atomic mass is 16.5. The Kier molecular flexibility index (Phi) is 6.39.